The van der Waals surface area contributed by atoms with Crippen LogP contribution in [0.15, 0.2) is 54.6 Å². The fourth-order valence-electron chi connectivity index (χ4n) is 3.28. The number of carbonyl (C=O) groups is 2. The second-order valence-corrected chi connectivity index (χ2v) is 9.86. The van der Waals surface area contributed by atoms with Crippen molar-refractivity contribution >= 4 is 34.4 Å². The Morgan fingerprint density at radius 1 is 1.14 bits per heavy atom. The molecule has 2 amide bonds. The quantitative estimate of drug-likeness (QED) is 0.410. The third kappa shape index (κ3) is 8.66. The van der Waals surface area contributed by atoms with E-state index in [1.54, 1.807) is 12.1 Å². The molecule has 186 valence electrons. The van der Waals surface area contributed by atoms with Gasteiger partial charge in [0.25, 0.3) is 0 Å². The highest BCUT2D eigenvalue weighted by Gasteiger charge is 2.24. The van der Waals surface area contributed by atoms with E-state index >= 15 is 0 Å². The van der Waals surface area contributed by atoms with Crippen LogP contribution in [0.1, 0.15) is 43.8 Å². The number of rotatable bonds is 9. The average Bonchev–Trinajstić information content (AvgIpc) is 3.21. The van der Waals surface area contributed by atoms with Crippen LogP contribution in [-0.4, -0.2) is 50.1 Å². The molecule has 0 saturated carbocycles. The van der Waals surface area contributed by atoms with E-state index in [9.17, 15) is 14.7 Å². The normalized spacial score (nSPS) is 12.1. The van der Waals surface area contributed by atoms with E-state index in [0.717, 1.165) is 22.7 Å². The number of benzene rings is 2. The Morgan fingerprint density at radius 3 is 2.43 bits per heavy atom. The monoisotopic (exact) mass is 497 g/mol. The lowest BCUT2D eigenvalue weighted by molar-refractivity contribution is -0.115. The standard InChI is InChI=1S/C25H31N5O4S/c1-25(2,3)34-24(33)30(16-20(31)18-7-5-4-6-8-18)14-13-17-9-11-19(12-10-17)27-22(32)15-21-28-23(26)35-29-21/h4-12,20,31H,13-16H2,1-3H3,(H,27,32)(H2,26,28,29)/t20-/m0/s1. The number of hydrogen-bond donors (Lipinski definition) is 3. The Hall–Kier alpha value is -3.50. The first-order valence-electron chi connectivity index (χ1n) is 11.3. The fourth-order valence-corrected chi connectivity index (χ4v) is 3.73. The Bertz CT molecular complexity index is 1110. The van der Waals surface area contributed by atoms with Crippen molar-refractivity contribution in [1.82, 2.24) is 14.3 Å². The van der Waals surface area contributed by atoms with Crippen LogP contribution in [0.2, 0.25) is 0 Å². The summed E-state index contributed by atoms with van der Waals surface area (Å²) in [6.45, 7) is 5.90. The van der Waals surface area contributed by atoms with E-state index in [0.29, 0.717) is 29.6 Å². The lowest BCUT2D eigenvalue weighted by atomic mass is 10.1. The Balaban J connectivity index is 1.59. The topological polar surface area (TPSA) is 131 Å². The summed E-state index contributed by atoms with van der Waals surface area (Å²) in [5, 5.41) is 13.8. The molecule has 4 N–H and O–H groups in total. The van der Waals surface area contributed by atoms with E-state index < -0.39 is 17.8 Å². The molecule has 0 unspecified atom stereocenters. The molecule has 0 saturated heterocycles. The number of carbonyl (C=O) groups excluding carboxylic acids is 2. The van der Waals surface area contributed by atoms with Gasteiger partial charge in [-0.25, -0.2) is 9.78 Å². The van der Waals surface area contributed by atoms with Crippen LogP contribution in [0.4, 0.5) is 15.6 Å². The largest absolute Gasteiger partial charge is 0.444 e. The number of anilines is 2. The molecule has 0 aliphatic rings. The molecule has 9 nitrogen and oxygen atoms in total. The van der Waals surface area contributed by atoms with Crippen LogP contribution in [0.25, 0.3) is 0 Å². The zero-order valence-corrected chi connectivity index (χ0v) is 20.9. The van der Waals surface area contributed by atoms with Gasteiger partial charge in [0.15, 0.2) is 11.0 Å². The molecule has 1 heterocycles. The van der Waals surface area contributed by atoms with Gasteiger partial charge in [0.05, 0.1) is 19.1 Å². The number of amides is 2. The highest BCUT2D eigenvalue weighted by atomic mass is 32.1. The molecule has 35 heavy (non-hydrogen) atoms. The molecule has 0 radical (unpaired) electrons. The summed E-state index contributed by atoms with van der Waals surface area (Å²) >= 11 is 1.05. The van der Waals surface area contributed by atoms with Gasteiger partial charge in [-0.3, -0.25) is 4.79 Å². The second-order valence-electron chi connectivity index (χ2n) is 9.07. The van der Waals surface area contributed by atoms with Gasteiger partial charge in [0, 0.05) is 23.8 Å². The number of nitrogens with zero attached hydrogens (tertiary/aromatic N) is 3. The third-order valence-electron chi connectivity index (χ3n) is 4.94. The Morgan fingerprint density at radius 2 is 1.83 bits per heavy atom. The minimum Gasteiger partial charge on any atom is -0.444 e. The van der Waals surface area contributed by atoms with Crippen molar-refractivity contribution in [1.29, 1.82) is 0 Å². The molecule has 0 aliphatic heterocycles. The van der Waals surface area contributed by atoms with Gasteiger partial charge in [0.1, 0.15) is 5.60 Å². The molecule has 10 heteroatoms. The molecule has 3 aromatic rings. The maximum absolute atomic E-state index is 12.8. The van der Waals surface area contributed by atoms with E-state index in [2.05, 4.69) is 14.7 Å². The summed E-state index contributed by atoms with van der Waals surface area (Å²) in [5.41, 5.74) is 7.25. The predicted octanol–water partition coefficient (Wildman–Crippen LogP) is 3.81. The lowest BCUT2D eigenvalue weighted by Crippen LogP contribution is -2.40. The van der Waals surface area contributed by atoms with Crippen LogP contribution in [-0.2, 0) is 22.4 Å². The summed E-state index contributed by atoms with van der Waals surface area (Å²) in [5.74, 6) is 0.156. The highest BCUT2D eigenvalue weighted by Crippen LogP contribution is 2.18. The van der Waals surface area contributed by atoms with Gasteiger partial charge < -0.3 is 25.8 Å². The fraction of sp³-hybridized carbons (Fsp3) is 0.360. The zero-order chi connectivity index (χ0) is 25.4. The van der Waals surface area contributed by atoms with Crippen molar-refractivity contribution in [3.8, 4) is 0 Å². The van der Waals surface area contributed by atoms with E-state index in [1.807, 2.05) is 63.2 Å². The van der Waals surface area contributed by atoms with Crippen molar-refractivity contribution in [3.05, 3.63) is 71.5 Å². The zero-order valence-electron chi connectivity index (χ0n) is 20.1. The number of aliphatic hydroxyl groups excluding tert-OH is 1. The van der Waals surface area contributed by atoms with Gasteiger partial charge in [-0.2, -0.15) is 4.37 Å². The van der Waals surface area contributed by atoms with Crippen molar-refractivity contribution in [2.24, 2.45) is 0 Å². The molecule has 0 aliphatic carbocycles. The number of ether oxygens (including phenoxy) is 1. The summed E-state index contributed by atoms with van der Waals surface area (Å²) in [4.78, 5) is 30.5. The first-order chi connectivity index (χ1) is 16.6. The smallest absolute Gasteiger partial charge is 0.410 e. The van der Waals surface area contributed by atoms with E-state index in [-0.39, 0.29) is 18.9 Å². The maximum Gasteiger partial charge on any atom is 0.410 e. The maximum atomic E-state index is 12.8. The van der Waals surface area contributed by atoms with Gasteiger partial charge >= 0.3 is 6.09 Å². The van der Waals surface area contributed by atoms with Gasteiger partial charge in [0.2, 0.25) is 5.91 Å². The van der Waals surface area contributed by atoms with Crippen molar-refractivity contribution < 1.29 is 19.4 Å². The van der Waals surface area contributed by atoms with Crippen molar-refractivity contribution in [2.45, 2.75) is 45.3 Å². The van der Waals surface area contributed by atoms with Gasteiger partial charge in [-0.1, -0.05) is 42.5 Å². The SMILES string of the molecule is CC(C)(C)OC(=O)N(CCc1ccc(NC(=O)Cc2nsc(N)n2)cc1)C[C@H](O)c1ccccc1. The van der Waals surface area contributed by atoms with E-state index in [4.69, 9.17) is 10.5 Å². The molecule has 3 rings (SSSR count). The molecule has 1 atom stereocenters. The minimum atomic E-state index is -0.830. The van der Waals surface area contributed by atoms with Crippen LogP contribution < -0.4 is 11.1 Å². The minimum absolute atomic E-state index is 0.0457. The number of hydrogen-bond acceptors (Lipinski definition) is 8. The lowest BCUT2D eigenvalue weighted by Gasteiger charge is -2.29. The van der Waals surface area contributed by atoms with Gasteiger partial charge in [-0.05, 0) is 50.5 Å². The number of aromatic nitrogens is 2. The molecule has 2 aromatic carbocycles. The van der Waals surface area contributed by atoms with Crippen LogP contribution in [0, 0.1) is 0 Å². The Kier molecular flexibility index (Phi) is 8.78. The molecule has 1 aromatic heterocycles. The molecule has 0 spiro atoms. The number of nitrogens with two attached hydrogens (primary N) is 1. The van der Waals surface area contributed by atoms with Crippen LogP contribution in [0.3, 0.4) is 0 Å². The van der Waals surface area contributed by atoms with Gasteiger partial charge in [-0.15, -0.1) is 0 Å². The summed E-state index contributed by atoms with van der Waals surface area (Å²) in [6.07, 6.45) is -0.711. The summed E-state index contributed by atoms with van der Waals surface area (Å²) < 4.78 is 9.56. The molecule has 0 fully saturated rings. The Labute approximate surface area is 209 Å². The average molecular weight is 498 g/mol. The van der Waals surface area contributed by atoms with E-state index in [1.165, 1.54) is 4.90 Å². The van der Waals surface area contributed by atoms with Crippen LogP contribution in [0.5, 0.6) is 0 Å². The number of aliphatic hydroxyl groups is 1. The summed E-state index contributed by atoms with van der Waals surface area (Å²) in [6, 6.07) is 16.6. The highest BCUT2D eigenvalue weighted by molar-refractivity contribution is 7.09. The first kappa shape index (κ1) is 26.1. The predicted molar refractivity (Wildman–Crippen MR) is 136 cm³/mol. The summed E-state index contributed by atoms with van der Waals surface area (Å²) in [7, 11) is 0. The van der Waals surface area contributed by atoms with Crippen molar-refractivity contribution in [3.63, 3.8) is 0 Å². The van der Waals surface area contributed by atoms with Crippen molar-refractivity contribution in [2.75, 3.05) is 24.1 Å². The molecular formula is C25H31N5O4S. The number of nitrogen functional groups attached to an aromatic ring is 1. The number of nitrogens with one attached hydrogen (secondary N) is 1. The third-order valence-corrected chi connectivity index (χ3v) is 5.52. The molecule has 0 bridgehead atoms. The first-order valence-corrected chi connectivity index (χ1v) is 12.0. The molecular weight excluding hydrogens is 466 g/mol. The van der Waals surface area contributed by atoms with Crippen LogP contribution >= 0.6 is 11.5 Å². The second kappa shape index (κ2) is 11.8.